The maximum absolute atomic E-state index is 12.7. The highest BCUT2D eigenvalue weighted by molar-refractivity contribution is 5.96. The van der Waals surface area contributed by atoms with Gasteiger partial charge in [-0.15, -0.1) is 0 Å². The maximum atomic E-state index is 12.7. The molecule has 30 heavy (non-hydrogen) atoms. The summed E-state index contributed by atoms with van der Waals surface area (Å²) in [7, 11) is 0. The Morgan fingerprint density at radius 1 is 1.03 bits per heavy atom. The van der Waals surface area contributed by atoms with Gasteiger partial charge in [0.2, 0.25) is 5.91 Å². The first-order valence-electron chi connectivity index (χ1n) is 9.30. The largest absolute Gasteiger partial charge is 0.508 e. The van der Waals surface area contributed by atoms with E-state index >= 15 is 0 Å². The lowest BCUT2D eigenvalue weighted by Gasteiger charge is -2.30. The fourth-order valence-electron chi connectivity index (χ4n) is 3.71. The third-order valence-electron chi connectivity index (χ3n) is 5.17. The molecule has 150 valence electrons. The molecule has 1 unspecified atom stereocenters. The SMILES string of the molecule is C=CC(=O)NCc1cc(C2(c3ccc(O)cc3)OC(=O)c3ccccc32)ccc1O. The first-order chi connectivity index (χ1) is 14.5. The van der Waals surface area contributed by atoms with Gasteiger partial charge >= 0.3 is 5.97 Å². The van der Waals surface area contributed by atoms with Gasteiger partial charge in [-0.1, -0.05) is 43.0 Å². The summed E-state index contributed by atoms with van der Waals surface area (Å²) in [6.07, 6.45) is 1.15. The van der Waals surface area contributed by atoms with Crippen LogP contribution in [0, 0.1) is 0 Å². The van der Waals surface area contributed by atoms with E-state index in [1.54, 1.807) is 36.4 Å². The quantitative estimate of drug-likeness (QED) is 0.450. The lowest BCUT2D eigenvalue weighted by Crippen LogP contribution is -2.30. The van der Waals surface area contributed by atoms with Crippen LogP contribution in [0.25, 0.3) is 0 Å². The molecule has 0 fully saturated rings. The third-order valence-corrected chi connectivity index (χ3v) is 5.17. The number of aromatic hydroxyl groups is 2. The molecular formula is C24H19NO5. The molecule has 0 saturated carbocycles. The molecule has 1 amide bonds. The molecule has 1 heterocycles. The average molecular weight is 401 g/mol. The third kappa shape index (κ3) is 3.08. The summed E-state index contributed by atoms with van der Waals surface area (Å²) < 4.78 is 5.97. The number of carbonyl (C=O) groups excluding carboxylic acids is 2. The Balaban J connectivity index is 1.91. The predicted molar refractivity (Wildman–Crippen MR) is 110 cm³/mol. The van der Waals surface area contributed by atoms with Crippen LogP contribution in [0.1, 0.15) is 32.6 Å². The van der Waals surface area contributed by atoms with Gasteiger partial charge in [-0.3, -0.25) is 4.79 Å². The van der Waals surface area contributed by atoms with E-state index in [2.05, 4.69) is 11.9 Å². The number of hydrogen-bond donors (Lipinski definition) is 3. The molecule has 3 N–H and O–H groups in total. The highest BCUT2D eigenvalue weighted by atomic mass is 16.6. The minimum absolute atomic E-state index is 0.00146. The summed E-state index contributed by atoms with van der Waals surface area (Å²) in [5.41, 5.74) is 1.55. The molecule has 3 aromatic rings. The molecule has 6 heteroatoms. The predicted octanol–water partition coefficient (Wildman–Crippen LogP) is 3.36. The van der Waals surface area contributed by atoms with Crippen molar-refractivity contribution in [3.63, 3.8) is 0 Å². The van der Waals surface area contributed by atoms with Crippen LogP contribution >= 0.6 is 0 Å². The summed E-state index contributed by atoms with van der Waals surface area (Å²) in [5, 5.41) is 22.7. The van der Waals surface area contributed by atoms with Gasteiger partial charge in [0, 0.05) is 28.8 Å². The number of benzene rings is 3. The number of phenolic OH excluding ortho intramolecular Hbond substituents is 2. The van der Waals surface area contributed by atoms with E-state index in [-0.39, 0.29) is 24.0 Å². The Kier molecular flexibility index (Phi) is 4.75. The van der Waals surface area contributed by atoms with Gasteiger partial charge in [-0.05, 0) is 36.4 Å². The number of amides is 1. The van der Waals surface area contributed by atoms with Crippen molar-refractivity contribution in [1.82, 2.24) is 5.32 Å². The van der Waals surface area contributed by atoms with Crippen LogP contribution in [0.3, 0.4) is 0 Å². The fraction of sp³-hybridized carbons (Fsp3) is 0.0833. The minimum Gasteiger partial charge on any atom is -0.508 e. The van der Waals surface area contributed by atoms with Gasteiger partial charge in [-0.25, -0.2) is 4.79 Å². The van der Waals surface area contributed by atoms with Crippen LogP contribution in [-0.4, -0.2) is 22.1 Å². The Hall–Kier alpha value is -4.06. The van der Waals surface area contributed by atoms with Gasteiger partial charge in [0.15, 0.2) is 5.60 Å². The van der Waals surface area contributed by atoms with Gasteiger partial charge in [0.25, 0.3) is 0 Å². The monoisotopic (exact) mass is 401 g/mol. The Morgan fingerprint density at radius 2 is 1.73 bits per heavy atom. The first kappa shape index (κ1) is 19.3. The molecule has 1 atom stereocenters. The minimum atomic E-state index is -1.26. The van der Waals surface area contributed by atoms with E-state index in [0.29, 0.717) is 27.8 Å². The highest BCUT2D eigenvalue weighted by Crippen LogP contribution is 2.47. The van der Waals surface area contributed by atoms with Gasteiger partial charge < -0.3 is 20.3 Å². The second-order valence-corrected chi connectivity index (χ2v) is 6.93. The number of esters is 1. The van der Waals surface area contributed by atoms with Crippen molar-refractivity contribution in [3.05, 3.63) is 107 Å². The van der Waals surface area contributed by atoms with Crippen molar-refractivity contribution < 1.29 is 24.5 Å². The fourth-order valence-corrected chi connectivity index (χ4v) is 3.71. The lowest BCUT2D eigenvalue weighted by molar-refractivity contribution is -0.116. The zero-order valence-corrected chi connectivity index (χ0v) is 16.0. The van der Waals surface area contributed by atoms with Crippen molar-refractivity contribution in [2.75, 3.05) is 0 Å². The molecule has 4 rings (SSSR count). The Morgan fingerprint density at radius 3 is 2.47 bits per heavy atom. The Bertz CT molecular complexity index is 1150. The van der Waals surface area contributed by atoms with Crippen LogP contribution in [0.2, 0.25) is 0 Å². The molecule has 0 saturated heterocycles. The van der Waals surface area contributed by atoms with Crippen LogP contribution < -0.4 is 5.32 Å². The summed E-state index contributed by atoms with van der Waals surface area (Å²) >= 11 is 0. The molecule has 6 nitrogen and oxygen atoms in total. The maximum Gasteiger partial charge on any atom is 0.340 e. The molecule has 0 spiro atoms. The molecule has 0 aliphatic carbocycles. The van der Waals surface area contributed by atoms with Crippen LogP contribution in [0.15, 0.2) is 79.4 Å². The number of fused-ring (bicyclic) bond motifs is 1. The normalized spacial score (nSPS) is 17.1. The highest BCUT2D eigenvalue weighted by Gasteiger charge is 2.48. The number of hydrogen-bond acceptors (Lipinski definition) is 5. The van der Waals surface area contributed by atoms with Crippen molar-refractivity contribution in [2.24, 2.45) is 0 Å². The molecule has 0 bridgehead atoms. The number of ether oxygens (including phenoxy) is 1. The van der Waals surface area contributed by atoms with Crippen LogP contribution in [-0.2, 0) is 21.7 Å². The van der Waals surface area contributed by atoms with E-state index in [4.69, 9.17) is 4.74 Å². The van der Waals surface area contributed by atoms with Gasteiger partial charge in [0.05, 0.1) is 5.56 Å². The second kappa shape index (κ2) is 7.40. The average Bonchev–Trinajstić information content (AvgIpc) is 3.07. The molecule has 0 aromatic heterocycles. The van der Waals surface area contributed by atoms with E-state index in [1.807, 2.05) is 12.1 Å². The first-order valence-corrected chi connectivity index (χ1v) is 9.30. The summed E-state index contributed by atoms with van der Waals surface area (Å²) in [6, 6.07) is 18.4. The number of phenols is 2. The van der Waals surface area contributed by atoms with Crippen molar-refractivity contribution in [1.29, 1.82) is 0 Å². The summed E-state index contributed by atoms with van der Waals surface area (Å²) in [4.78, 5) is 24.3. The number of carbonyl (C=O) groups is 2. The summed E-state index contributed by atoms with van der Waals surface area (Å²) in [5.74, 6) is -0.745. The van der Waals surface area contributed by atoms with E-state index < -0.39 is 11.6 Å². The standard InChI is InChI=1S/C24H19NO5/c1-2-22(28)25-14-15-13-17(9-12-21(15)27)24(16-7-10-18(26)11-8-16)20-6-4-3-5-19(20)23(29)30-24/h2-13,26-27H,1,14H2,(H,25,28). The number of rotatable bonds is 5. The number of nitrogens with one attached hydrogen (secondary N) is 1. The van der Waals surface area contributed by atoms with Gasteiger partial charge in [-0.2, -0.15) is 0 Å². The zero-order chi connectivity index (χ0) is 21.3. The van der Waals surface area contributed by atoms with Crippen molar-refractivity contribution in [2.45, 2.75) is 12.1 Å². The zero-order valence-electron chi connectivity index (χ0n) is 16.0. The van der Waals surface area contributed by atoms with Crippen LogP contribution in [0.5, 0.6) is 11.5 Å². The molecule has 1 aliphatic rings. The van der Waals surface area contributed by atoms with Crippen molar-refractivity contribution in [3.8, 4) is 11.5 Å². The Labute approximate surface area is 173 Å². The number of cyclic esters (lactones) is 1. The topological polar surface area (TPSA) is 95.9 Å². The molecular weight excluding hydrogens is 382 g/mol. The smallest absolute Gasteiger partial charge is 0.340 e. The van der Waals surface area contributed by atoms with Crippen LogP contribution in [0.4, 0.5) is 0 Å². The second-order valence-electron chi connectivity index (χ2n) is 6.93. The lowest BCUT2D eigenvalue weighted by atomic mass is 9.79. The molecule has 3 aromatic carbocycles. The van der Waals surface area contributed by atoms with Gasteiger partial charge in [0.1, 0.15) is 11.5 Å². The summed E-state index contributed by atoms with van der Waals surface area (Å²) in [6.45, 7) is 3.49. The van der Waals surface area contributed by atoms with E-state index in [0.717, 1.165) is 6.08 Å². The van der Waals surface area contributed by atoms with E-state index in [9.17, 15) is 19.8 Å². The molecule has 1 aliphatic heterocycles. The molecule has 0 radical (unpaired) electrons. The van der Waals surface area contributed by atoms with Crippen molar-refractivity contribution >= 4 is 11.9 Å². The van der Waals surface area contributed by atoms with E-state index in [1.165, 1.54) is 18.2 Å².